The van der Waals surface area contributed by atoms with Crippen LogP contribution >= 0.6 is 0 Å². The van der Waals surface area contributed by atoms with Crippen molar-refractivity contribution in [3.05, 3.63) is 93.0 Å². The summed E-state index contributed by atoms with van der Waals surface area (Å²) in [6.45, 7) is 0.0432. The van der Waals surface area contributed by atoms with E-state index in [9.17, 15) is 14.0 Å². The number of hydrogen-bond donors (Lipinski definition) is 0. The Morgan fingerprint density at radius 3 is 2.61 bits per heavy atom. The van der Waals surface area contributed by atoms with Gasteiger partial charge in [-0.15, -0.1) is 0 Å². The van der Waals surface area contributed by atoms with E-state index >= 15 is 0 Å². The highest BCUT2D eigenvalue weighted by molar-refractivity contribution is 5.89. The maximum atomic E-state index is 13.5. The van der Waals surface area contributed by atoms with E-state index in [1.54, 1.807) is 30.3 Å². The number of rotatable bonds is 4. The van der Waals surface area contributed by atoms with Crippen LogP contribution in [0.25, 0.3) is 33.5 Å². The average Bonchev–Trinajstić information content (AvgIpc) is 3.29. The van der Waals surface area contributed by atoms with Crippen LogP contribution in [0.2, 0.25) is 0 Å². The number of fused-ring (bicyclic) bond motifs is 2. The van der Waals surface area contributed by atoms with Crippen LogP contribution in [0.5, 0.6) is 5.75 Å². The second kappa shape index (κ2) is 7.24. The van der Waals surface area contributed by atoms with Gasteiger partial charge in [0, 0.05) is 11.6 Å². The molecule has 8 heteroatoms. The molecule has 2 aromatic carbocycles. The molecule has 0 saturated carbocycles. The molecule has 0 amide bonds. The second-order valence-electron chi connectivity index (χ2n) is 6.89. The van der Waals surface area contributed by atoms with Crippen LogP contribution < -0.4 is 15.7 Å². The summed E-state index contributed by atoms with van der Waals surface area (Å²) in [4.78, 5) is 31.0. The molecule has 0 aliphatic heterocycles. The van der Waals surface area contributed by atoms with E-state index < -0.39 is 16.8 Å². The highest BCUT2D eigenvalue weighted by atomic mass is 19.1. The fourth-order valence-electron chi connectivity index (χ4n) is 3.47. The average molecular weight is 418 g/mol. The summed E-state index contributed by atoms with van der Waals surface area (Å²) in [6.07, 6.45) is 1.49. The zero-order valence-electron chi connectivity index (χ0n) is 16.3. The van der Waals surface area contributed by atoms with Gasteiger partial charge in [0.2, 0.25) is 11.1 Å². The lowest BCUT2D eigenvalue weighted by atomic mass is 10.1. The molecule has 0 unspecified atom stereocenters. The van der Waals surface area contributed by atoms with Crippen molar-refractivity contribution in [3.63, 3.8) is 0 Å². The number of benzene rings is 2. The highest BCUT2D eigenvalue weighted by Crippen LogP contribution is 2.24. The fraction of sp³-hybridized carbons (Fsp3) is 0.0870. The zero-order chi connectivity index (χ0) is 21.5. The molecule has 3 heterocycles. The first-order chi connectivity index (χ1) is 15.0. The number of ether oxygens (including phenoxy) is 1. The summed E-state index contributed by atoms with van der Waals surface area (Å²) in [5.41, 5.74) is -0.439. The number of nitrogens with zero attached hydrogens (tertiary/aromatic N) is 2. The summed E-state index contributed by atoms with van der Waals surface area (Å²) in [7, 11) is 1.50. The third kappa shape index (κ3) is 3.18. The van der Waals surface area contributed by atoms with Gasteiger partial charge in [-0.1, -0.05) is 0 Å². The Balaban J connectivity index is 1.86. The maximum Gasteiger partial charge on any atom is 0.269 e. The summed E-state index contributed by atoms with van der Waals surface area (Å²) >= 11 is 0. The molecule has 0 bridgehead atoms. The molecule has 0 spiro atoms. The topological polar surface area (TPSA) is 87.5 Å². The third-order valence-corrected chi connectivity index (χ3v) is 5.00. The van der Waals surface area contributed by atoms with Crippen molar-refractivity contribution >= 4 is 22.1 Å². The van der Waals surface area contributed by atoms with Crippen molar-refractivity contribution in [3.8, 4) is 17.1 Å². The molecule has 0 fully saturated rings. The van der Waals surface area contributed by atoms with E-state index in [-0.39, 0.29) is 34.4 Å². The summed E-state index contributed by atoms with van der Waals surface area (Å²) in [6, 6.07) is 13.7. The third-order valence-electron chi connectivity index (χ3n) is 5.00. The number of furan rings is 1. The number of hydrogen-bond acceptors (Lipinski definition) is 6. The van der Waals surface area contributed by atoms with Crippen LogP contribution in [0.1, 0.15) is 5.76 Å². The highest BCUT2D eigenvalue weighted by Gasteiger charge is 2.20. The Kier molecular flexibility index (Phi) is 4.39. The van der Waals surface area contributed by atoms with E-state index in [0.717, 1.165) is 0 Å². The first kappa shape index (κ1) is 18.8. The van der Waals surface area contributed by atoms with Crippen molar-refractivity contribution in [2.45, 2.75) is 6.54 Å². The van der Waals surface area contributed by atoms with Gasteiger partial charge in [0.05, 0.1) is 25.3 Å². The van der Waals surface area contributed by atoms with Crippen molar-refractivity contribution in [1.82, 2.24) is 9.55 Å². The first-order valence-electron chi connectivity index (χ1n) is 9.39. The molecule has 5 rings (SSSR count). The van der Waals surface area contributed by atoms with E-state index in [2.05, 4.69) is 4.98 Å². The van der Waals surface area contributed by atoms with Crippen molar-refractivity contribution < 1.29 is 18.0 Å². The smallest absolute Gasteiger partial charge is 0.269 e. The van der Waals surface area contributed by atoms with Crippen LogP contribution in [0.3, 0.4) is 0 Å². The zero-order valence-corrected chi connectivity index (χ0v) is 16.3. The molecule has 7 nitrogen and oxygen atoms in total. The van der Waals surface area contributed by atoms with Crippen LogP contribution in [0.15, 0.2) is 79.3 Å². The van der Waals surface area contributed by atoms with E-state index in [1.807, 2.05) is 0 Å². The molecule has 5 aromatic rings. The largest absolute Gasteiger partial charge is 0.497 e. The van der Waals surface area contributed by atoms with Gasteiger partial charge >= 0.3 is 0 Å². The molecule has 0 saturated heterocycles. The molecular formula is C23H15FN2O5. The van der Waals surface area contributed by atoms with Crippen molar-refractivity contribution in [2.24, 2.45) is 0 Å². The lowest BCUT2D eigenvalue weighted by Crippen LogP contribution is -2.28. The first-order valence-corrected chi connectivity index (χ1v) is 9.39. The normalized spacial score (nSPS) is 11.3. The van der Waals surface area contributed by atoms with Crippen LogP contribution in [0.4, 0.5) is 4.39 Å². The van der Waals surface area contributed by atoms with Gasteiger partial charge in [0.1, 0.15) is 28.7 Å². The Bertz CT molecular complexity index is 1530. The Morgan fingerprint density at radius 1 is 1.10 bits per heavy atom. The van der Waals surface area contributed by atoms with Gasteiger partial charge in [-0.25, -0.2) is 4.39 Å². The minimum absolute atomic E-state index is 0.0432. The number of aromatic nitrogens is 2. The van der Waals surface area contributed by atoms with Crippen LogP contribution in [-0.2, 0) is 6.54 Å². The molecule has 0 N–H and O–H groups in total. The van der Waals surface area contributed by atoms with E-state index in [1.165, 1.54) is 42.2 Å². The van der Waals surface area contributed by atoms with Crippen LogP contribution in [-0.4, -0.2) is 16.7 Å². The maximum absolute atomic E-state index is 13.5. The minimum atomic E-state index is -0.577. The monoisotopic (exact) mass is 418 g/mol. The SMILES string of the molecule is COc1ccc2c(=O)c3c(=O)n(Cc4ccco4)c(-c4ccc(F)cc4)nc3oc2c1. The van der Waals surface area contributed by atoms with Gasteiger partial charge in [0.25, 0.3) is 5.56 Å². The number of halogens is 1. The Hall–Kier alpha value is -4.20. The number of methoxy groups -OCH3 is 1. The molecule has 0 aliphatic rings. The van der Waals surface area contributed by atoms with E-state index in [0.29, 0.717) is 17.1 Å². The summed E-state index contributed by atoms with van der Waals surface area (Å²) in [5, 5.41) is 0.0707. The minimum Gasteiger partial charge on any atom is -0.497 e. The Labute approximate surface area is 173 Å². The van der Waals surface area contributed by atoms with Gasteiger partial charge in [0.15, 0.2) is 5.39 Å². The quantitative estimate of drug-likeness (QED) is 0.411. The van der Waals surface area contributed by atoms with Crippen LogP contribution in [0, 0.1) is 5.82 Å². The summed E-state index contributed by atoms with van der Waals surface area (Å²) < 4.78 is 31.2. The predicted octanol–water partition coefficient (Wildman–Crippen LogP) is 3.96. The van der Waals surface area contributed by atoms with Gasteiger partial charge in [-0.2, -0.15) is 4.98 Å². The van der Waals surface area contributed by atoms with Gasteiger partial charge in [-0.3, -0.25) is 14.2 Å². The predicted molar refractivity (Wildman–Crippen MR) is 112 cm³/mol. The molecule has 154 valence electrons. The lowest BCUT2D eigenvalue weighted by Gasteiger charge is -2.12. The molecular weight excluding hydrogens is 403 g/mol. The molecule has 0 atom stereocenters. The molecule has 0 aliphatic carbocycles. The summed E-state index contributed by atoms with van der Waals surface area (Å²) in [5.74, 6) is 0.801. The van der Waals surface area contributed by atoms with Gasteiger partial charge < -0.3 is 13.6 Å². The molecule has 3 aromatic heterocycles. The second-order valence-corrected chi connectivity index (χ2v) is 6.89. The van der Waals surface area contributed by atoms with Crippen molar-refractivity contribution in [2.75, 3.05) is 7.11 Å². The molecule has 31 heavy (non-hydrogen) atoms. The van der Waals surface area contributed by atoms with Gasteiger partial charge in [-0.05, 0) is 48.5 Å². The van der Waals surface area contributed by atoms with Crippen molar-refractivity contribution in [1.29, 1.82) is 0 Å². The molecule has 0 radical (unpaired) electrons. The lowest BCUT2D eigenvalue weighted by molar-refractivity contribution is 0.414. The van der Waals surface area contributed by atoms with E-state index in [4.69, 9.17) is 13.6 Å². The Morgan fingerprint density at radius 2 is 1.90 bits per heavy atom. The fourth-order valence-corrected chi connectivity index (χ4v) is 3.47. The standard InChI is InChI=1S/C23H15FN2O5/c1-29-15-8-9-17-18(11-15)31-22-19(20(17)27)23(28)26(12-16-3-2-10-30-16)21(25-22)13-4-6-14(24)7-5-13/h2-11H,12H2,1H3.